The van der Waals surface area contributed by atoms with Crippen molar-refractivity contribution in [3.05, 3.63) is 17.7 Å². The number of nitrogens with zero attached hydrogens (tertiary/aromatic N) is 2. The molecule has 1 amide bonds. The summed E-state index contributed by atoms with van der Waals surface area (Å²) in [5.41, 5.74) is 2.06. The third-order valence-electron chi connectivity index (χ3n) is 2.40. The van der Waals surface area contributed by atoms with Crippen LogP contribution in [-0.4, -0.2) is 22.0 Å². The van der Waals surface area contributed by atoms with Crippen LogP contribution in [-0.2, 0) is 11.3 Å². The van der Waals surface area contributed by atoms with Gasteiger partial charge in [-0.25, -0.2) is 4.98 Å². The van der Waals surface area contributed by atoms with Crippen LogP contribution in [0.15, 0.2) is 0 Å². The predicted molar refractivity (Wildman–Crippen MR) is 58.5 cm³/mol. The van der Waals surface area contributed by atoms with E-state index in [4.69, 9.17) is 0 Å². The van der Waals surface area contributed by atoms with E-state index in [0.29, 0.717) is 13.0 Å². The maximum absolute atomic E-state index is 11.3. The van der Waals surface area contributed by atoms with Crippen molar-refractivity contribution in [1.82, 2.24) is 14.9 Å². The average Bonchev–Trinajstić information content (AvgIpc) is 2.54. The van der Waals surface area contributed by atoms with Gasteiger partial charge in [0.25, 0.3) is 0 Å². The second-order valence-corrected chi connectivity index (χ2v) is 3.63. The third kappa shape index (κ3) is 3.38. The molecule has 1 radical (unpaired) electrons. The minimum atomic E-state index is 0.0935. The number of hydrogen-bond acceptors (Lipinski definition) is 2. The Bertz CT molecular complexity index is 331. The highest BCUT2D eigenvalue weighted by molar-refractivity contribution is 5.75. The van der Waals surface area contributed by atoms with E-state index in [9.17, 15) is 4.79 Å². The zero-order valence-corrected chi connectivity index (χ0v) is 9.63. The molecule has 0 aliphatic carbocycles. The number of amides is 1. The summed E-state index contributed by atoms with van der Waals surface area (Å²) >= 11 is 0. The van der Waals surface area contributed by atoms with Crippen molar-refractivity contribution in [2.24, 2.45) is 0 Å². The van der Waals surface area contributed by atoms with E-state index in [0.717, 1.165) is 24.4 Å². The maximum Gasteiger partial charge on any atom is 0.221 e. The van der Waals surface area contributed by atoms with Crippen LogP contribution in [0.3, 0.4) is 0 Å². The fourth-order valence-electron chi connectivity index (χ4n) is 1.27. The Morgan fingerprint density at radius 3 is 2.80 bits per heavy atom. The summed E-state index contributed by atoms with van der Waals surface area (Å²) in [5, 5.41) is 2.84. The van der Waals surface area contributed by atoms with Crippen molar-refractivity contribution in [3.63, 3.8) is 0 Å². The monoisotopic (exact) mass is 208 g/mol. The molecule has 1 aromatic rings. The highest BCUT2D eigenvalue weighted by atomic mass is 16.1. The van der Waals surface area contributed by atoms with E-state index < -0.39 is 0 Å². The standard InChI is InChI=1S/C11H18N3O/c1-4-6-12-11(15)5-7-14-8-13-9(2)10(14)3/h4-7H2,1-3H3,(H,12,15). The largest absolute Gasteiger partial charge is 0.356 e. The van der Waals surface area contributed by atoms with Crippen LogP contribution in [0, 0.1) is 20.2 Å². The first-order valence-electron chi connectivity index (χ1n) is 5.33. The molecule has 0 aromatic carbocycles. The molecule has 0 saturated carbocycles. The Balaban J connectivity index is 2.37. The average molecular weight is 208 g/mol. The first-order chi connectivity index (χ1) is 7.15. The molecule has 4 nitrogen and oxygen atoms in total. The van der Waals surface area contributed by atoms with Crippen molar-refractivity contribution in [2.75, 3.05) is 6.54 Å². The van der Waals surface area contributed by atoms with E-state index in [2.05, 4.69) is 16.6 Å². The summed E-state index contributed by atoms with van der Waals surface area (Å²) in [6.07, 6.45) is 4.34. The normalized spacial score (nSPS) is 10.3. The Labute approximate surface area is 90.7 Å². The fraction of sp³-hybridized carbons (Fsp3) is 0.636. The number of hydrogen-bond donors (Lipinski definition) is 1. The van der Waals surface area contributed by atoms with Gasteiger partial charge in [0.1, 0.15) is 0 Å². The van der Waals surface area contributed by atoms with Gasteiger partial charge in [0, 0.05) is 25.2 Å². The van der Waals surface area contributed by atoms with Crippen molar-refractivity contribution in [2.45, 2.75) is 40.2 Å². The molecule has 0 atom stereocenters. The molecule has 1 heterocycles. The van der Waals surface area contributed by atoms with Crippen LogP contribution in [0.2, 0.25) is 0 Å². The van der Waals surface area contributed by atoms with Crippen LogP contribution >= 0.6 is 0 Å². The van der Waals surface area contributed by atoms with Gasteiger partial charge in [-0.2, -0.15) is 0 Å². The van der Waals surface area contributed by atoms with Crippen molar-refractivity contribution in [1.29, 1.82) is 0 Å². The minimum Gasteiger partial charge on any atom is -0.356 e. The minimum absolute atomic E-state index is 0.0935. The Kier molecular flexibility index (Phi) is 4.34. The van der Waals surface area contributed by atoms with Crippen molar-refractivity contribution >= 4 is 5.91 Å². The lowest BCUT2D eigenvalue weighted by atomic mass is 10.3. The molecule has 0 aliphatic rings. The highest BCUT2D eigenvalue weighted by Gasteiger charge is 2.05. The van der Waals surface area contributed by atoms with Crippen LogP contribution in [0.4, 0.5) is 0 Å². The topological polar surface area (TPSA) is 46.9 Å². The molecule has 0 unspecified atom stereocenters. The van der Waals surface area contributed by atoms with Crippen LogP contribution in [0.25, 0.3) is 0 Å². The van der Waals surface area contributed by atoms with Crippen molar-refractivity contribution in [3.8, 4) is 0 Å². The fourth-order valence-corrected chi connectivity index (χ4v) is 1.27. The lowest BCUT2D eigenvalue weighted by molar-refractivity contribution is -0.121. The van der Waals surface area contributed by atoms with E-state index in [-0.39, 0.29) is 5.91 Å². The number of nitrogens with one attached hydrogen (secondary N) is 1. The lowest BCUT2D eigenvalue weighted by Crippen LogP contribution is -2.25. The summed E-state index contributed by atoms with van der Waals surface area (Å²) in [4.78, 5) is 15.4. The van der Waals surface area contributed by atoms with Crippen LogP contribution in [0.1, 0.15) is 31.2 Å². The molecule has 83 valence electrons. The molecule has 0 bridgehead atoms. The Hall–Kier alpha value is -1.32. The summed E-state index contributed by atoms with van der Waals surface area (Å²) in [5.74, 6) is 0.0935. The van der Waals surface area contributed by atoms with E-state index >= 15 is 0 Å². The molecular formula is C11H18N3O. The number of imidazole rings is 1. The molecule has 1 N–H and O–H groups in total. The summed E-state index contributed by atoms with van der Waals surface area (Å²) in [6, 6.07) is 0. The van der Waals surface area contributed by atoms with Gasteiger partial charge in [0.15, 0.2) is 6.33 Å². The second-order valence-electron chi connectivity index (χ2n) is 3.63. The molecular weight excluding hydrogens is 190 g/mol. The Morgan fingerprint density at radius 1 is 1.53 bits per heavy atom. The zero-order chi connectivity index (χ0) is 11.3. The first-order valence-corrected chi connectivity index (χ1v) is 5.33. The molecule has 0 fully saturated rings. The highest BCUT2D eigenvalue weighted by Crippen LogP contribution is 2.04. The van der Waals surface area contributed by atoms with E-state index in [1.807, 2.05) is 25.3 Å². The number of carbonyl (C=O) groups excluding carboxylic acids is 1. The van der Waals surface area contributed by atoms with Gasteiger partial charge in [-0.3, -0.25) is 4.79 Å². The van der Waals surface area contributed by atoms with Crippen LogP contribution < -0.4 is 5.32 Å². The summed E-state index contributed by atoms with van der Waals surface area (Å²) < 4.78 is 1.89. The molecule has 0 aliphatic heterocycles. The van der Waals surface area contributed by atoms with Gasteiger partial charge in [-0.05, 0) is 20.3 Å². The molecule has 15 heavy (non-hydrogen) atoms. The predicted octanol–water partition coefficient (Wildman–Crippen LogP) is 1.22. The smallest absolute Gasteiger partial charge is 0.221 e. The molecule has 0 saturated heterocycles. The molecule has 1 rings (SSSR count). The summed E-state index contributed by atoms with van der Waals surface area (Å²) in [7, 11) is 0. The quantitative estimate of drug-likeness (QED) is 0.790. The van der Waals surface area contributed by atoms with Gasteiger partial charge in [-0.1, -0.05) is 6.92 Å². The molecule has 0 spiro atoms. The number of aryl methyl sites for hydroxylation is 2. The van der Waals surface area contributed by atoms with Gasteiger partial charge < -0.3 is 9.88 Å². The second kappa shape index (κ2) is 5.53. The van der Waals surface area contributed by atoms with Crippen molar-refractivity contribution < 1.29 is 4.79 Å². The lowest BCUT2D eigenvalue weighted by Gasteiger charge is -2.05. The zero-order valence-electron chi connectivity index (χ0n) is 9.63. The third-order valence-corrected chi connectivity index (χ3v) is 2.40. The van der Waals surface area contributed by atoms with Gasteiger partial charge in [-0.15, -0.1) is 0 Å². The maximum atomic E-state index is 11.3. The first kappa shape index (κ1) is 11.8. The van der Waals surface area contributed by atoms with E-state index in [1.165, 1.54) is 0 Å². The number of rotatable bonds is 5. The number of carbonyl (C=O) groups is 1. The van der Waals surface area contributed by atoms with Gasteiger partial charge in [0.2, 0.25) is 5.91 Å². The SMILES string of the molecule is CCCNC(=O)CCn1[c]nc(C)c1C. The Morgan fingerprint density at radius 2 is 2.27 bits per heavy atom. The van der Waals surface area contributed by atoms with E-state index in [1.54, 1.807) is 0 Å². The summed E-state index contributed by atoms with van der Waals surface area (Å²) in [6.45, 7) is 7.38. The van der Waals surface area contributed by atoms with Gasteiger partial charge in [0.05, 0.1) is 5.69 Å². The van der Waals surface area contributed by atoms with Crippen LogP contribution in [0.5, 0.6) is 0 Å². The van der Waals surface area contributed by atoms with Gasteiger partial charge >= 0.3 is 0 Å². The molecule has 1 aromatic heterocycles. The molecule has 4 heteroatoms. The number of aromatic nitrogens is 2.